The van der Waals surface area contributed by atoms with E-state index in [1.807, 2.05) is 6.92 Å². The normalized spacial score (nSPS) is 30.0. The molecular weight excluding hydrogens is 286 g/mol. The zero-order valence-corrected chi connectivity index (χ0v) is 14.5. The first kappa shape index (κ1) is 17.2. The number of hydrogen-bond acceptors (Lipinski definition) is 4. The van der Waals surface area contributed by atoms with E-state index < -0.39 is 10.0 Å². The van der Waals surface area contributed by atoms with Crippen LogP contribution in [0.5, 0.6) is 0 Å². The Morgan fingerprint density at radius 2 is 2.05 bits per heavy atom. The number of piperidine rings is 1. The zero-order chi connectivity index (χ0) is 15.5. The van der Waals surface area contributed by atoms with Gasteiger partial charge in [-0.2, -0.15) is 4.31 Å². The topological polar surface area (TPSA) is 52.7 Å². The lowest BCUT2D eigenvalue weighted by Crippen LogP contribution is -2.61. The van der Waals surface area contributed by atoms with E-state index in [4.69, 9.17) is 0 Å². The lowest BCUT2D eigenvalue weighted by atomic mass is 9.99. The van der Waals surface area contributed by atoms with Gasteiger partial charge in [0.25, 0.3) is 0 Å². The van der Waals surface area contributed by atoms with E-state index in [0.29, 0.717) is 19.1 Å². The van der Waals surface area contributed by atoms with Crippen molar-refractivity contribution in [2.45, 2.75) is 63.8 Å². The molecule has 3 unspecified atom stereocenters. The molecule has 0 saturated carbocycles. The van der Waals surface area contributed by atoms with Crippen LogP contribution in [0.25, 0.3) is 0 Å². The van der Waals surface area contributed by atoms with Crippen LogP contribution in [-0.4, -0.2) is 67.7 Å². The summed E-state index contributed by atoms with van der Waals surface area (Å²) in [5, 5.41) is 2.89. The molecule has 0 aromatic carbocycles. The van der Waals surface area contributed by atoms with E-state index in [1.165, 1.54) is 12.8 Å². The lowest BCUT2D eigenvalue weighted by molar-refractivity contribution is 0.0560. The van der Waals surface area contributed by atoms with Crippen molar-refractivity contribution >= 4 is 10.0 Å². The van der Waals surface area contributed by atoms with Crippen LogP contribution in [0, 0.1) is 0 Å². The molecule has 0 spiro atoms. The molecule has 2 fully saturated rings. The highest BCUT2D eigenvalue weighted by molar-refractivity contribution is 7.89. The minimum Gasteiger partial charge on any atom is -0.315 e. The van der Waals surface area contributed by atoms with Gasteiger partial charge in [-0.15, -0.1) is 0 Å². The second-order valence-corrected chi connectivity index (χ2v) is 8.93. The Labute approximate surface area is 130 Å². The molecule has 0 bridgehead atoms. The van der Waals surface area contributed by atoms with Crippen LogP contribution in [0.1, 0.15) is 46.5 Å². The molecule has 2 aliphatic heterocycles. The van der Waals surface area contributed by atoms with Gasteiger partial charge in [-0.05, 0) is 46.2 Å². The van der Waals surface area contributed by atoms with Crippen molar-refractivity contribution in [3.8, 4) is 0 Å². The first-order valence-electron chi connectivity index (χ1n) is 8.42. The number of hydrogen-bond donors (Lipinski definition) is 1. The maximum atomic E-state index is 12.8. The summed E-state index contributed by atoms with van der Waals surface area (Å²) in [7, 11) is -3.20. The van der Waals surface area contributed by atoms with E-state index >= 15 is 0 Å². The van der Waals surface area contributed by atoms with Crippen molar-refractivity contribution in [1.29, 1.82) is 0 Å². The molecule has 0 aliphatic carbocycles. The van der Waals surface area contributed by atoms with Crippen LogP contribution in [0.4, 0.5) is 0 Å². The highest BCUT2D eigenvalue weighted by Crippen LogP contribution is 2.27. The summed E-state index contributed by atoms with van der Waals surface area (Å²) in [6.45, 7) is 10.1. The van der Waals surface area contributed by atoms with Crippen LogP contribution in [0.3, 0.4) is 0 Å². The summed E-state index contributed by atoms with van der Waals surface area (Å²) in [5.74, 6) is 0. The first-order valence-corrected chi connectivity index (χ1v) is 9.92. The average Bonchev–Trinajstić information content (AvgIpc) is 2.46. The molecule has 124 valence electrons. The van der Waals surface area contributed by atoms with Gasteiger partial charge in [0.1, 0.15) is 0 Å². The van der Waals surface area contributed by atoms with Gasteiger partial charge in [0, 0.05) is 31.7 Å². The Hall–Kier alpha value is -0.170. The lowest BCUT2D eigenvalue weighted by Gasteiger charge is -2.47. The van der Waals surface area contributed by atoms with Gasteiger partial charge >= 0.3 is 0 Å². The molecule has 2 rings (SSSR count). The summed E-state index contributed by atoms with van der Waals surface area (Å²) in [6, 6.07) is 0.526. The summed E-state index contributed by atoms with van der Waals surface area (Å²) in [4.78, 5) is 2.49. The largest absolute Gasteiger partial charge is 0.315 e. The predicted octanol–water partition coefficient (Wildman–Crippen LogP) is 1.26. The third-order valence-electron chi connectivity index (χ3n) is 4.82. The van der Waals surface area contributed by atoms with Gasteiger partial charge < -0.3 is 5.32 Å². The average molecular weight is 317 g/mol. The third-order valence-corrected chi connectivity index (χ3v) is 7.17. The highest BCUT2D eigenvalue weighted by atomic mass is 32.2. The van der Waals surface area contributed by atoms with E-state index in [0.717, 1.165) is 32.5 Å². The highest BCUT2D eigenvalue weighted by Gasteiger charge is 2.40. The Morgan fingerprint density at radius 1 is 1.29 bits per heavy atom. The molecule has 0 aromatic rings. The molecule has 6 heteroatoms. The number of piperazine rings is 1. The SMILES string of the molecule is CCCNCC(C)S(=O)(=O)N1CC2CCCCN2CC1C. The Morgan fingerprint density at radius 3 is 2.76 bits per heavy atom. The van der Waals surface area contributed by atoms with Crippen molar-refractivity contribution in [2.75, 3.05) is 32.7 Å². The fraction of sp³-hybridized carbons (Fsp3) is 1.00. The standard InChI is InChI=1S/C15H31N3O2S/c1-4-8-16-10-14(3)21(19,20)18-12-15-7-5-6-9-17(15)11-13(18)2/h13-16H,4-12H2,1-3H3. The van der Waals surface area contributed by atoms with Gasteiger partial charge in [-0.25, -0.2) is 8.42 Å². The summed E-state index contributed by atoms with van der Waals surface area (Å²) in [6.07, 6.45) is 4.66. The molecule has 0 radical (unpaired) electrons. The second kappa shape index (κ2) is 7.40. The number of nitrogens with zero attached hydrogens (tertiary/aromatic N) is 2. The summed E-state index contributed by atoms with van der Waals surface area (Å²) in [5.41, 5.74) is 0. The van der Waals surface area contributed by atoms with Crippen molar-refractivity contribution in [3.63, 3.8) is 0 Å². The van der Waals surface area contributed by atoms with E-state index in [9.17, 15) is 8.42 Å². The number of sulfonamides is 1. The number of rotatable bonds is 6. The minimum absolute atomic E-state index is 0.0953. The molecule has 21 heavy (non-hydrogen) atoms. The Balaban J connectivity index is 2.01. The first-order chi connectivity index (χ1) is 9.96. The van der Waals surface area contributed by atoms with Crippen LogP contribution in [-0.2, 0) is 10.0 Å². The smallest absolute Gasteiger partial charge is 0.218 e. The van der Waals surface area contributed by atoms with Crippen molar-refractivity contribution in [2.24, 2.45) is 0 Å². The monoisotopic (exact) mass is 317 g/mol. The molecule has 2 saturated heterocycles. The Kier molecular flexibility index (Phi) is 6.05. The molecule has 0 amide bonds. The van der Waals surface area contributed by atoms with Gasteiger partial charge in [0.05, 0.1) is 5.25 Å². The fourth-order valence-corrected chi connectivity index (χ4v) is 5.24. The van der Waals surface area contributed by atoms with Crippen molar-refractivity contribution < 1.29 is 8.42 Å². The molecular formula is C15H31N3O2S. The maximum Gasteiger partial charge on any atom is 0.218 e. The quantitative estimate of drug-likeness (QED) is 0.750. The van der Waals surface area contributed by atoms with Crippen LogP contribution < -0.4 is 5.32 Å². The van der Waals surface area contributed by atoms with Gasteiger partial charge in [-0.3, -0.25) is 4.90 Å². The van der Waals surface area contributed by atoms with Gasteiger partial charge in [-0.1, -0.05) is 13.3 Å². The molecule has 1 N–H and O–H groups in total. The molecule has 3 atom stereocenters. The molecule has 5 nitrogen and oxygen atoms in total. The zero-order valence-electron chi connectivity index (χ0n) is 13.7. The van der Waals surface area contributed by atoms with E-state index in [2.05, 4.69) is 24.1 Å². The van der Waals surface area contributed by atoms with Gasteiger partial charge in [0.2, 0.25) is 10.0 Å². The number of nitrogens with one attached hydrogen (secondary N) is 1. The van der Waals surface area contributed by atoms with Crippen LogP contribution in [0.2, 0.25) is 0 Å². The predicted molar refractivity (Wildman–Crippen MR) is 86.9 cm³/mol. The van der Waals surface area contributed by atoms with Crippen molar-refractivity contribution in [3.05, 3.63) is 0 Å². The van der Waals surface area contributed by atoms with Crippen LogP contribution >= 0.6 is 0 Å². The van der Waals surface area contributed by atoms with E-state index in [-0.39, 0.29) is 11.3 Å². The molecule has 2 aliphatic rings. The second-order valence-electron chi connectivity index (χ2n) is 6.62. The molecule has 2 heterocycles. The maximum absolute atomic E-state index is 12.8. The fourth-order valence-electron chi connectivity index (χ4n) is 3.50. The number of fused-ring (bicyclic) bond motifs is 1. The third kappa shape index (κ3) is 3.97. The van der Waals surface area contributed by atoms with Crippen molar-refractivity contribution in [1.82, 2.24) is 14.5 Å². The summed E-state index contributed by atoms with van der Waals surface area (Å²) >= 11 is 0. The Bertz CT molecular complexity index is 427. The molecule has 0 aromatic heterocycles. The minimum atomic E-state index is -3.20. The van der Waals surface area contributed by atoms with Crippen LogP contribution in [0.15, 0.2) is 0 Å². The van der Waals surface area contributed by atoms with E-state index in [1.54, 1.807) is 4.31 Å². The van der Waals surface area contributed by atoms with Gasteiger partial charge in [0.15, 0.2) is 0 Å². The summed E-state index contributed by atoms with van der Waals surface area (Å²) < 4.78 is 27.4.